The zero-order chi connectivity index (χ0) is 32.9. The van der Waals surface area contributed by atoms with Gasteiger partial charge in [0, 0.05) is 55.6 Å². The molecular formula is C32H38F3N5O5S. The van der Waals surface area contributed by atoms with Crippen LogP contribution in [0.5, 0.6) is 5.75 Å². The van der Waals surface area contributed by atoms with Crippen LogP contribution in [0.25, 0.3) is 10.9 Å². The average molecular weight is 662 g/mol. The lowest BCUT2D eigenvalue weighted by Gasteiger charge is -2.34. The number of piperidine rings is 1. The molecule has 0 unspecified atom stereocenters. The predicted octanol–water partition coefficient (Wildman–Crippen LogP) is 3.81. The second-order valence-corrected chi connectivity index (χ2v) is 13.5. The van der Waals surface area contributed by atoms with E-state index in [4.69, 9.17) is 9.47 Å². The molecule has 0 bridgehead atoms. The van der Waals surface area contributed by atoms with E-state index >= 15 is 0 Å². The van der Waals surface area contributed by atoms with Crippen molar-refractivity contribution in [3.63, 3.8) is 0 Å². The highest BCUT2D eigenvalue weighted by Gasteiger charge is 2.30. The van der Waals surface area contributed by atoms with Crippen molar-refractivity contribution >= 4 is 38.0 Å². The highest BCUT2D eigenvalue weighted by atomic mass is 32.2. The first-order valence-corrected chi connectivity index (χ1v) is 16.9. The van der Waals surface area contributed by atoms with Gasteiger partial charge in [-0.2, -0.15) is 13.2 Å². The smallest absolute Gasteiger partial charge is 0.406 e. The fourth-order valence-electron chi connectivity index (χ4n) is 5.75. The number of anilines is 2. The van der Waals surface area contributed by atoms with E-state index in [1.54, 1.807) is 24.3 Å². The van der Waals surface area contributed by atoms with Crippen molar-refractivity contribution < 1.29 is 35.9 Å². The molecule has 10 nitrogen and oxygen atoms in total. The molecule has 0 radical (unpaired) electrons. The number of ether oxygens (including phenoxy) is 2. The SMILES string of the molecule is COc1cc(S(C)(=O)=O)ccc1NCC#Cc1cc2c(NC3CCN(CC(=O)N4CCOCC4)CC3)cccc2n1CC(F)(F)F. The molecule has 3 heterocycles. The minimum atomic E-state index is -4.45. The number of carbonyl (C=O) groups excluding carboxylic acids is 1. The summed E-state index contributed by atoms with van der Waals surface area (Å²) >= 11 is 0. The Morgan fingerprint density at radius 2 is 1.80 bits per heavy atom. The van der Waals surface area contributed by atoms with Crippen molar-refractivity contribution in [1.29, 1.82) is 0 Å². The van der Waals surface area contributed by atoms with E-state index < -0.39 is 22.6 Å². The van der Waals surface area contributed by atoms with Gasteiger partial charge in [-0.05, 0) is 49.1 Å². The number of nitrogens with zero attached hydrogens (tertiary/aromatic N) is 3. The maximum Gasteiger partial charge on any atom is 0.406 e. The molecule has 5 rings (SSSR count). The summed E-state index contributed by atoms with van der Waals surface area (Å²) in [5.74, 6) is 6.19. The van der Waals surface area contributed by atoms with Gasteiger partial charge in [0.15, 0.2) is 9.84 Å². The topological polar surface area (TPSA) is 105 Å². The lowest BCUT2D eigenvalue weighted by atomic mass is 10.0. The Kier molecular flexibility index (Phi) is 10.3. The molecule has 2 fully saturated rings. The number of halogens is 3. The summed E-state index contributed by atoms with van der Waals surface area (Å²) in [5, 5.41) is 7.22. The number of carbonyl (C=O) groups is 1. The number of rotatable bonds is 9. The van der Waals surface area contributed by atoms with Gasteiger partial charge in [-0.15, -0.1) is 0 Å². The number of alkyl halides is 3. The first kappa shape index (κ1) is 33.4. The Morgan fingerprint density at radius 3 is 2.48 bits per heavy atom. The molecule has 3 aromatic rings. The summed E-state index contributed by atoms with van der Waals surface area (Å²) in [6, 6.07) is 11.4. The molecule has 46 heavy (non-hydrogen) atoms. The Morgan fingerprint density at radius 1 is 1.07 bits per heavy atom. The molecule has 2 aromatic carbocycles. The molecule has 2 aliphatic rings. The van der Waals surface area contributed by atoms with Crippen LogP contribution in [0.2, 0.25) is 0 Å². The predicted molar refractivity (Wildman–Crippen MR) is 170 cm³/mol. The molecule has 1 aromatic heterocycles. The Bertz CT molecular complexity index is 1720. The molecule has 0 atom stereocenters. The minimum Gasteiger partial charge on any atom is -0.495 e. The Hall–Kier alpha value is -3.93. The molecule has 0 saturated carbocycles. The van der Waals surface area contributed by atoms with Crippen LogP contribution in [0, 0.1) is 11.8 Å². The number of hydrogen-bond donors (Lipinski definition) is 2. The fourth-order valence-corrected chi connectivity index (χ4v) is 6.38. The molecule has 14 heteroatoms. The number of hydrogen-bond acceptors (Lipinski definition) is 8. The maximum absolute atomic E-state index is 13.7. The van der Waals surface area contributed by atoms with Gasteiger partial charge in [0.2, 0.25) is 5.91 Å². The standard InChI is InChI=1S/C32H38F3N5O5S/c1-44-30-20-25(46(2,42)43)8-9-28(30)36-12-4-5-24-19-26-27(6-3-7-29(26)40(24)22-32(33,34)35)37-23-10-13-38(14-11-23)21-31(41)39-15-17-45-18-16-39/h3,6-9,19-20,23,36-37H,10-18,21-22H2,1-2H3. The van der Waals surface area contributed by atoms with Crippen LogP contribution in [0.4, 0.5) is 24.5 Å². The highest BCUT2D eigenvalue weighted by molar-refractivity contribution is 7.90. The number of nitrogens with one attached hydrogen (secondary N) is 2. The van der Waals surface area contributed by atoms with Crippen molar-refractivity contribution in [3.05, 3.63) is 48.2 Å². The number of morpholine rings is 1. The van der Waals surface area contributed by atoms with Crippen LogP contribution in [0.1, 0.15) is 18.5 Å². The average Bonchev–Trinajstić information content (AvgIpc) is 3.36. The second kappa shape index (κ2) is 14.2. The minimum absolute atomic E-state index is 0.0832. The van der Waals surface area contributed by atoms with E-state index in [9.17, 15) is 26.4 Å². The number of methoxy groups -OCH3 is 1. The molecule has 2 saturated heterocycles. The first-order valence-electron chi connectivity index (χ1n) is 15.1. The van der Waals surface area contributed by atoms with Gasteiger partial charge in [-0.1, -0.05) is 12.0 Å². The van der Waals surface area contributed by atoms with Gasteiger partial charge in [-0.3, -0.25) is 9.69 Å². The van der Waals surface area contributed by atoms with Gasteiger partial charge in [0.25, 0.3) is 0 Å². The summed E-state index contributed by atoms with van der Waals surface area (Å²) in [4.78, 5) is 16.7. The van der Waals surface area contributed by atoms with Gasteiger partial charge in [-0.25, -0.2) is 8.42 Å². The Labute approximate surface area is 266 Å². The highest BCUT2D eigenvalue weighted by Crippen LogP contribution is 2.32. The van der Waals surface area contributed by atoms with Gasteiger partial charge < -0.3 is 29.6 Å². The van der Waals surface area contributed by atoms with Gasteiger partial charge in [0.05, 0.1) is 55.2 Å². The molecular weight excluding hydrogens is 623 g/mol. The van der Waals surface area contributed by atoms with Crippen LogP contribution in [-0.4, -0.2) is 107 Å². The lowest BCUT2D eigenvalue weighted by Crippen LogP contribution is -2.48. The summed E-state index contributed by atoms with van der Waals surface area (Å²) in [7, 11) is -2.01. The summed E-state index contributed by atoms with van der Waals surface area (Å²) in [6.07, 6.45) is -1.77. The zero-order valence-corrected chi connectivity index (χ0v) is 26.6. The van der Waals surface area contributed by atoms with Crippen molar-refractivity contribution in [2.45, 2.75) is 36.5 Å². The monoisotopic (exact) mass is 661 g/mol. The van der Waals surface area contributed by atoms with Crippen molar-refractivity contribution in [2.24, 2.45) is 0 Å². The number of sulfone groups is 1. The summed E-state index contributed by atoms with van der Waals surface area (Å²) in [5.41, 5.74) is 1.88. The van der Waals surface area contributed by atoms with Crippen LogP contribution in [-0.2, 0) is 25.9 Å². The second-order valence-electron chi connectivity index (χ2n) is 11.4. The van der Waals surface area contributed by atoms with Crippen molar-refractivity contribution in [2.75, 3.05) is 76.5 Å². The normalized spacial score (nSPS) is 16.6. The third-order valence-corrected chi connectivity index (χ3v) is 9.25. The maximum atomic E-state index is 13.7. The largest absolute Gasteiger partial charge is 0.495 e. The Balaban J connectivity index is 1.28. The van der Waals surface area contributed by atoms with Gasteiger partial charge >= 0.3 is 6.18 Å². The van der Waals surface area contributed by atoms with E-state index in [1.807, 2.05) is 11.0 Å². The number of aromatic nitrogens is 1. The number of fused-ring (bicyclic) bond motifs is 1. The van der Waals surface area contributed by atoms with E-state index in [-0.39, 0.29) is 29.1 Å². The van der Waals surface area contributed by atoms with Crippen molar-refractivity contribution in [1.82, 2.24) is 14.4 Å². The fraction of sp³-hybridized carbons (Fsp3) is 0.469. The third-order valence-electron chi connectivity index (χ3n) is 8.14. The van der Waals surface area contributed by atoms with Crippen LogP contribution >= 0.6 is 0 Å². The zero-order valence-electron chi connectivity index (χ0n) is 25.8. The summed E-state index contributed by atoms with van der Waals surface area (Å²) < 4.78 is 76.5. The third kappa shape index (κ3) is 8.45. The first-order chi connectivity index (χ1) is 21.9. The van der Waals surface area contributed by atoms with E-state index in [2.05, 4.69) is 27.4 Å². The molecule has 2 aliphatic heterocycles. The number of likely N-dealkylation sites (tertiary alicyclic amines) is 1. The molecule has 0 aliphatic carbocycles. The van der Waals surface area contributed by atoms with Crippen molar-refractivity contribution in [3.8, 4) is 17.6 Å². The lowest BCUT2D eigenvalue weighted by molar-refractivity contribution is -0.140. The quantitative estimate of drug-likeness (QED) is 0.334. The number of benzene rings is 2. The van der Waals surface area contributed by atoms with E-state index in [1.165, 1.54) is 23.8 Å². The number of amides is 1. The molecule has 2 N–H and O–H groups in total. The summed E-state index contributed by atoms with van der Waals surface area (Å²) in [6.45, 7) is 3.12. The van der Waals surface area contributed by atoms with Crippen LogP contribution in [0.15, 0.2) is 47.4 Å². The molecule has 248 valence electrons. The van der Waals surface area contributed by atoms with Gasteiger partial charge in [0.1, 0.15) is 12.3 Å². The molecule has 0 spiro atoms. The van der Waals surface area contributed by atoms with E-state index in [0.717, 1.165) is 37.9 Å². The van der Waals surface area contributed by atoms with Crippen LogP contribution in [0.3, 0.4) is 0 Å². The van der Waals surface area contributed by atoms with E-state index in [0.29, 0.717) is 55.2 Å². The molecule has 1 amide bonds. The van der Waals surface area contributed by atoms with Crippen LogP contribution < -0.4 is 15.4 Å².